The molecule has 0 aliphatic carbocycles. The summed E-state index contributed by atoms with van der Waals surface area (Å²) in [4.78, 5) is 26.1. The number of halogens is 4. The van der Waals surface area contributed by atoms with Gasteiger partial charge in [0.15, 0.2) is 5.82 Å². The SMILES string of the molecule is C=c1c(=O)n(C)c(-c2cnc(-c3cc(F)cnc3C)nc2)c/c1=C(/C=C(C)C)[C@@H](C)Nc1ccc(F)cc1C(F)F. The molecule has 0 unspecified atom stereocenters. The maximum Gasteiger partial charge on any atom is 0.265 e. The second kappa shape index (κ2) is 11.9. The van der Waals surface area contributed by atoms with E-state index in [1.807, 2.05) is 19.9 Å². The van der Waals surface area contributed by atoms with Crippen molar-refractivity contribution in [1.82, 2.24) is 19.5 Å². The zero-order chi connectivity index (χ0) is 30.0. The number of alkyl halides is 2. The van der Waals surface area contributed by atoms with Crippen molar-refractivity contribution in [2.24, 2.45) is 7.05 Å². The van der Waals surface area contributed by atoms with Gasteiger partial charge in [0, 0.05) is 58.8 Å². The number of pyridine rings is 2. The van der Waals surface area contributed by atoms with Gasteiger partial charge in [-0.3, -0.25) is 9.78 Å². The topological polar surface area (TPSA) is 72.7 Å². The van der Waals surface area contributed by atoms with Crippen LogP contribution in [-0.2, 0) is 7.05 Å². The largest absolute Gasteiger partial charge is 0.378 e. The molecular formula is C31H29F4N5O. The van der Waals surface area contributed by atoms with Gasteiger partial charge in [-0.1, -0.05) is 18.2 Å². The zero-order valence-corrected chi connectivity index (χ0v) is 23.3. The van der Waals surface area contributed by atoms with Crippen molar-refractivity contribution in [2.75, 3.05) is 5.32 Å². The number of allylic oxidation sites excluding steroid dienone is 1. The molecule has 6 nitrogen and oxygen atoms in total. The maximum atomic E-state index is 13.8. The first-order valence-electron chi connectivity index (χ1n) is 12.7. The molecular weight excluding hydrogens is 534 g/mol. The summed E-state index contributed by atoms with van der Waals surface area (Å²) in [5, 5.41) is 3.76. The van der Waals surface area contributed by atoms with Crippen molar-refractivity contribution in [3.63, 3.8) is 0 Å². The first-order chi connectivity index (χ1) is 19.4. The Hall–Kier alpha value is -4.60. The summed E-state index contributed by atoms with van der Waals surface area (Å²) < 4.78 is 56.2. The molecule has 0 radical (unpaired) electrons. The normalized spacial score (nSPS) is 12.7. The Morgan fingerprint density at radius 2 is 1.71 bits per heavy atom. The summed E-state index contributed by atoms with van der Waals surface area (Å²) >= 11 is 0. The molecule has 41 heavy (non-hydrogen) atoms. The lowest BCUT2D eigenvalue weighted by atomic mass is 10.00. The zero-order valence-electron chi connectivity index (χ0n) is 23.3. The number of hydrogen-bond acceptors (Lipinski definition) is 5. The highest BCUT2D eigenvalue weighted by Gasteiger charge is 2.18. The molecule has 0 spiro atoms. The van der Waals surface area contributed by atoms with E-state index in [1.54, 1.807) is 27.0 Å². The molecule has 0 aliphatic rings. The maximum absolute atomic E-state index is 13.8. The predicted molar refractivity (Wildman–Crippen MR) is 153 cm³/mol. The molecule has 3 heterocycles. The molecule has 3 aromatic heterocycles. The van der Waals surface area contributed by atoms with Crippen LogP contribution in [0.15, 0.2) is 65.4 Å². The fraction of sp³-hybridized carbons (Fsp3) is 0.226. The van der Waals surface area contributed by atoms with E-state index in [4.69, 9.17) is 0 Å². The monoisotopic (exact) mass is 563 g/mol. The fourth-order valence-electron chi connectivity index (χ4n) is 4.52. The molecule has 0 fully saturated rings. The Bertz CT molecular complexity index is 1810. The highest BCUT2D eigenvalue weighted by Crippen LogP contribution is 2.29. The van der Waals surface area contributed by atoms with E-state index >= 15 is 0 Å². The van der Waals surface area contributed by atoms with Crippen molar-refractivity contribution in [3.05, 3.63) is 104 Å². The van der Waals surface area contributed by atoms with E-state index < -0.39 is 29.7 Å². The summed E-state index contributed by atoms with van der Waals surface area (Å²) in [6.07, 6.45) is 3.13. The summed E-state index contributed by atoms with van der Waals surface area (Å²) in [5.74, 6) is -0.996. The average molecular weight is 564 g/mol. The standard InChI is InChI=1S/C31H29F4N5O/c1-16(2)9-24(19(5)39-27-8-7-21(32)10-26(27)29(34)35)23-12-28(40(6)31(41)17(23)3)20-13-37-30(38-14-20)25-11-22(33)15-36-18(25)4/h7-15,19,29,39H,3H2,1-2,4-6H3/b24-23+/t19-/m1/s1. The second-order valence-electron chi connectivity index (χ2n) is 9.94. The smallest absolute Gasteiger partial charge is 0.265 e. The van der Waals surface area contributed by atoms with E-state index in [1.165, 1.54) is 29.1 Å². The van der Waals surface area contributed by atoms with E-state index in [-0.39, 0.29) is 22.3 Å². The first-order valence-corrected chi connectivity index (χ1v) is 12.7. The third-order valence-corrected chi connectivity index (χ3v) is 6.61. The molecule has 1 atom stereocenters. The van der Waals surface area contributed by atoms with Gasteiger partial charge in [-0.05, 0) is 68.8 Å². The van der Waals surface area contributed by atoms with Crippen LogP contribution >= 0.6 is 0 Å². The van der Waals surface area contributed by atoms with E-state index in [2.05, 4.69) is 26.8 Å². The number of hydrogen-bond donors (Lipinski definition) is 1. The van der Waals surface area contributed by atoms with Gasteiger partial charge in [-0.15, -0.1) is 0 Å². The Balaban J connectivity index is 1.87. The lowest BCUT2D eigenvalue weighted by Gasteiger charge is -2.21. The van der Waals surface area contributed by atoms with Gasteiger partial charge in [-0.25, -0.2) is 27.5 Å². The van der Waals surface area contributed by atoms with Gasteiger partial charge in [0.05, 0.1) is 11.9 Å². The second-order valence-corrected chi connectivity index (χ2v) is 9.94. The molecule has 4 rings (SSSR count). The van der Waals surface area contributed by atoms with Crippen LogP contribution in [0.2, 0.25) is 0 Å². The van der Waals surface area contributed by atoms with Gasteiger partial charge >= 0.3 is 0 Å². The van der Waals surface area contributed by atoms with Gasteiger partial charge in [0.25, 0.3) is 12.0 Å². The van der Waals surface area contributed by atoms with Gasteiger partial charge in [0.2, 0.25) is 0 Å². The van der Waals surface area contributed by atoms with E-state index in [0.717, 1.165) is 23.9 Å². The van der Waals surface area contributed by atoms with Crippen LogP contribution in [0.5, 0.6) is 0 Å². The van der Waals surface area contributed by atoms with Crippen LogP contribution < -0.4 is 21.3 Å². The van der Waals surface area contributed by atoms with Crippen LogP contribution in [0.1, 0.15) is 38.5 Å². The first kappa shape index (κ1) is 29.4. The molecule has 10 heteroatoms. The number of nitrogens with zero attached hydrogens (tertiary/aromatic N) is 4. The highest BCUT2D eigenvalue weighted by molar-refractivity contribution is 5.70. The Labute approximate surface area is 234 Å². The number of aryl methyl sites for hydroxylation is 1. The fourth-order valence-corrected chi connectivity index (χ4v) is 4.52. The van der Waals surface area contributed by atoms with E-state index in [0.29, 0.717) is 33.3 Å². The van der Waals surface area contributed by atoms with E-state index in [9.17, 15) is 22.4 Å². The van der Waals surface area contributed by atoms with Crippen LogP contribution in [0.4, 0.5) is 23.2 Å². The van der Waals surface area contributed by atoms with Gasteiger partial charge in [0.1, 0.15) is 11.6 Å². The minimum absolute atomic E-state index is 0.0781. The predicted octanol–water partition coefficient (Wildman–Crippen LogP) is 5.46. The molecule has 4 aromatic rings. The van der Waals surface area contributed by atoms with Crippen LogP contribution in [0.3, 0.4) is 0 Å². The number of anilines is 1. The van der Waals surface area contributed by atoms with Crippen LogP contribution in [0.25, 0.3) is 34.8 Å². The molecule has 1 aromatic carbocycles. The summed E-state index contributed by atoms with van der Waals surface area (Å²) in [6.45, 7) is 11.2. The van der Waals surface area contributed by atoms with Gasteiger partial charge in [-0.2, -0.15) is 0 Å². The Morgan fingerprint density at radius 3 is 2.34 bits per heavy atom. The van der Waals surface area contributed by atoms with Crippen LogP contribution in [-0.4, -0.2) is 25.6 Å². The molecule has 0 aliphatic heterocycles. The lowest BCUT2D eigenvalue weighted by Crippen LogP contribution is -2.46. The van der Waals surface area contributed by atoms with Crippen molar-refractivity contribution in [1.29, 1.82) is 0 Å². The Kier molecular flexibility index (Phi) is 8.51. The van der Waals surface area contributed by atoms with Crippen molar-refractivity contribution < 1.29 is 17.6 Å². The average Bonchev–Trinajstić information content (AvgIpc) is 2.93. The minimum atomic E-state index is -2.89. The quantitative estimate of drug-likeness (QED) is 0.303. The lowest BCUT2D eigenvalue weighted by molar-refractivity contribution is 0.151. The Morgan fingerprint density at radius 1 is 1.02 bits per heavy atom. The number of benzene rings is 1. The molecule has 0 saturated carbocycles. The third-order valence-electron chi connectivity index (χ3n) is 6.61. The minimum Gasteiger partial charge on any atom is -0.378 e. The highest BCUT2D eigenvalue weighted by atomic mass is 19.3. The molecule has 0 bridgehead atoms. The molecule has 212 valence electrons. The van der Waals surface area contributed by atoms with Crippen molar-refractivity contribution >= 4 is 17.8 Å². The number of aromatic nitrogens is 4. The third kappa shape index (κ3) is 6.26. The molecule has 0 amide bonds. The number of nitrogens with one attached hydrogen (secondary N) is 1. The number of rotatable bonds is 7. The van der Waals surface area contributed by atoms with Crippen molar-refractivity contribution in [3.8, 4) is 22.6 Å². The van der Waals surface area contributed by atoms with Gasteiger partial charge < -0.3 is 9.88 Å². The molecule has 0 saturated heterocycles. The summed E-state index contributed by atoms with van der Waals surface area (Å²) in [7, 11) is 1.60. The summed E-state index contributed by atoms with van der Waals surface area (Å²) in [5.41, 5.74) is 2.79. The van der Waals surface area contributed by atoms with Crippen LogP contribution in [0, 0.1) is 18.6 Å². The van der Waals surface area contributed by atoms with Crippen molar-refractivity contribution in [2.45, 2.75) is 40.2 Å². The molecule has 1 N–H and O–H groups in total. The summed E-state index contributed by atoms with van der Waals surface area (Å²) in [6, 6.07) is 5.67.